The molecule has 1 N–H and O–H groups in total. The number of ether oxygens (including phenoxy) is 1. The van der Waals surface area contributed by atoms with E-state index in [0.717, 1.165) is 21.5 Å². The van der Waals surface area contributed by atoms with Gasteiger partial charge >= 0.3 is 5.97 Å². The predicted octanol–water partition coefficient (Wildman–Crippen LogP) is 4.47. The van der Waals surface area contributed by atoms with Gasteiger partial charge in [-0.3, -0.25) is 4.79 Å². The van der Waals surface area contributed by atoms with Crippen LogP contribution < -0.4 is 4.72 Å². The summed E-state index contributed by atoms with van der Waals surface area (Å²) in [6.45, 7) is 3.49. The van der Waals surface area contributed by atoms with Crippen molar-refractivity contribution in [1.29, 1.82) is 0 Å². The zero-order valence-corrected chi connectivity index (χ0v) is 18.9. The Bertz CT molecular complexity index is 1120. The van der Waals surface area contributed by atoms with Gasteiger partial charge in [0.15, 0.2) is 0 Å². The molecule has 0 aliphatic rings. The van der Waals surface area contributed by atoms with Gasteiger partial charge in [-0.2, -0.15) is 4.72 Å². The first-order valence-corrected chi connectivity index (χ1v) is 12.2. The number of sulfonamides is 1. The average molecular weight is 457 g/mol. The smallest absolute Gasteiger partial charge is 0.324 e. The summed E-state index contributed by atoms with van der Waals surface area (Å²) in [4.78, 5) is 17.1. The molecule has 3 aromatic rings. The first-order chi connectivity index (χ1) is 14.8. The van der Waals surface area contributed by atoms with Gasteiger partial charge in [-0.05, 0) is 17.6 Å². The van der Waals surface area contributed by atoms with Gasteiger partial charge < -0.3 is 4.74 Å². The quantitative estimate of drug-likeness (QED) is 0.480. The average Bonchev–Trinajstić information content (AvgIpc) is 3.25. The summed E-state index contributed by atoms with van der Waals surface area (Å²) in [5.74, 6) is -0.927. The second-order valence-corrected chi connectivity index (χ2v) is 9.67. The third kappa shape index (κ3) is 6.85. The summed E-state index contributed by atoms with van der Waals surface area (Å²) in [7, 11) is -3.83. The number of hydrogen-bond donors (Lipinski definition) is 1. The highest BCUT2D eigenvalue weighted by atomic mass is 32.2. The largest absolute Gasteiger partial charge is 0.458 e. The van der Waals surface area contributed by atoms with Gasteiger partial charge in [-0.1, -0.05) is 74.5 Å². The number of carbonyl (C=O) groups is 1. The Hall–Kier alpha value is -2.81. The second kappa shape index (κ2) is 10.5. The third-order valence-corrected chi connectivity index (χ3v) is 6.40. The van der Waals surface area contributed by atoms with Crippen molar-refractivity contribution in [2.24, 2.45) is 5.92 Å². The molecule has 0 saturated carbocycles. The standard InChI is InChI=1S/C23H24N2O4S2/c1-17(2)21(25-31(27,28)14-13-18-9-5-3-6-10-18)23(26)29-15-20-16-30-22(24-20)19-11-7-4-8-12-19/h3-14,16-17,21,25H,15H2,1-2H3/b14-13-/t21-/m0/s1. The lowest BCUT2D eigenvalue weighted by Crippen LogP contribution is -2.44. The zero-order valence-electron chi connectivity index (χ0n) is 17.3. The fourth-order valence-electron chi connectivity index (χ4n) is 2.73. The van der Waals surface area contributed by atoms with Crippen LogP contribution in [0.15, 0.2) is 71.5 Å². The van der Waals surface area contributed by atoms with Gasteiger partial charge in [-0.25, -0.2) is 13.4 Å². The Balaban J connectivity index is 1.61. The molecule has 0 amide bonds. The summed E-state index contributed by atoms with van der Waals surface area (Å²) < 4.78 is 32.7. The van der Waals surface area contributed by atoms with Gasteiger partial charge in [0.25, 0.3) is 0 Å². The lowest BCUT2D eigenvalue weighted by Gasteiger charge is -2.19. The molecular weight excluding hydrogens is 432 g/mol. The van der Waals surface area contributed by atoms with Crippen LogP contribution in [-0.2, 0) is 26.2 Å². The molecule has 1 aromatic heterocycles. The zero-order chi connectivity index (χ0) is 22.3. The maximum Gasteiger partial charge on any atom is 0.324 e. The van der Waals surface area contributed by atoms with Crippen molar-refractivity contribution < 1.29 is 17.9 Å². The number of aromatic nitrogens is 1. The van der Waals surface area contributed by atoms with Crippen molar-refractivity contribution in [3.05, 3.63) is 82.7 Å². The monoisotopic (exact) mass is 456 g/mol. The molecule has 6 nitrogen and oxygen atoms in total. The van der Waals surface area contributed by atoms with E-state index in [1.165, 1.54) is 17.4 Å². The van der Waals surface area contributed by atoms with Crippen LogP contribution in [0.1, 0.15) is 25.1 Å². The number of nitrogens with one attached hydrogen (secondary N) is 1. The van der Waals surface area contributed by atoms with E-state index < -0.39 is 22.0 Å². The lowest BCUT2D eigenvalue weighted by atomic mass is 10.1. The number of nitrogens with zero attached hydrogens (tertiary/aromatic N) is 1. The molecule has 31 heavy (non-hydrogen) atoms. The number of benzene rings is 2. The summed E-state index contributed by atoms with van der Waals surface area (Å²) in [5.41, 5.74) is 2.35. The molecule has 162 valence electrons. The highest BCUT2D eigenvalue weighted by Crippen LogP contribution is 2.23. The Kier molecular flexibility index (Phi) is 7.73. The van der Waals surface area contributed by atoms with Crippen LogP contribution in [0.3, 0.4) is 0 Å². The van der Waals surface area contributed by atoms with Crippen LogP contribution in [0.5, 0.6) is 0 Å². The van der Waals surface area contributed by atoms with Crippen molar-refractivity contribution in [3.63, 3.8) is 0 Å². The van der Waals surface area contributed by atoms with Gasteiger partial charge in [-0.15, -0.1) is 11.3 Å². The van der Waals surface area contributed by atoms with Crippen LogP contribution in [0.25, 0.3) is 16.6 Å². The van der Waals surface area contributed by atoms with Gasteiger partial charge in [0, 0.05) is 16.4 Å². The highest BCUT2D eigenvalue weighted by molar-refractivity contribution is 7.92. The van der Waals surface area contributed by atoms with E-state index in [4.69, 9.17) is 4.74 Å². The van der Waals surface area contributed by atoms with Crippen molar-refractivity contribution >= 4 is 33.4 Å². The molecule has 0 fully saturated rings. The molecule has 3 rings (SSSR count). The molecular formula is C23H24N2O4S2. The third-order valence-electron chi connectivity index (χ3n) is 4.39. The number of rotatable bonds is 9. The minimum Gasteiger partial charge on any atom is -0.458 e. The summed E-state index contributed by atoms with van der Waals surface area (Å²) in [6, 6.07) is 17.8. The van der Waals surface area contributed by atoms with Crippen molar-refractivity contribution in [2.45, 2.75) is 26.5 Å². The molecule has 0 aliphatic heterocycles. The predicted molar refractivity (Wildman–Crippen MR) is 124 cm³/mol. The van der Waals surface area contributed by atoms with Crippen molar-refractivity contribution in [1.82, 2.24) is 9.71 Å². The van der Waals surface area contributed by atoms with Gasteiger partial charge in [0.05, 0.1) is 5.69 Å². The highest BCUT2D eigenvalue weighted by Gasteiger charge is 2.28. The molecule has 0 saturated heterocycles. The minimum atomic E-state index is -3.83. The van der Waals surface area contributed by atoms with Crippen LogP contribution >= 0.6 is 11.3 Å². The normalized spacial score (nSPS) is 12.9. The van der Waals surface area contributed by atoms with Crippen LogP contribution in [0.4, 0.5) is 0 Å². The van der Waals surface area contributed by atoms with E-state index in [9.17, 15) is 13.2 Å². The van der Waals surface area contributed by atoms with Crippen molar-refractivity contribution in [3.8, 4) is 10.6 Å². The Morgan fingerprint density at radius 3 is 2.39 bits per heavy atom. The Morgan fingerprint density at radius 1 is 1.10 bits per heavy atom. The van der Waals surface area contributed by atoms with Crippen LogP contribution in [0, 0.1) is 5.92 Å². The topological polar surface area (TPSA) is 85.4 Å². The van der Waals surface area contributed by atoms with Gasteiger partial charge in [0.1, 0.15) is 17.7 Å². The first-order valence-electron chi connectivity index (χ1n) is 9.76. The fourth-order valence-corrected chi connectivity index (χ4v) is 4.67. The molecule has 1 atom stereocenters. The van der Waals surface area contributed by atoms with Gasteiger partial charge in [0.2, 0.25) is 10.0 Å². The number of carbonyl (C=O) groups excluding carboxylic acids is 1. The molecule has 0 spiro atoms. The second-order valence-electron chi connectivity index (χ2n) is 7.22. The SMILES string of the molecule is CC(C)[C@H](NS(=O)(=O)/C=C\c1ccccc1)C(=O)OCc1csc(-c2ccccc2)n1. The van der Waals surface area contributed by atoms with E-state index >= 15 is 0 Å². The van der Waals surface area contributed by atoms with E-state index in [0.29, 0.717) is 5.69 Å². The molecule has 2 aromatic carbocycles. The minimum absolute atomic E-state index is 0.0209. The molecule has 0 bridgehead atoms. The molecule has 0 aliphatic carbocycles. The van der Waals surface area contributed by atoms with E-state index in [-0.39, 0.29) is 12.5 Å². The van der Waals surface area contributed by atoms with Crippen LogP contribution in [-0.4, -0.2) is 25.4 Å². The summed E-state index contributed by atoms with van der Waals surface area (Å²) >= 11 is 1.46. The first kappa shape index (κ1) is 22.9. The maximum absolute atomic E-state index is 12.6. The number of thiazole rings is 1. The fraction of sp³-hybridized carbons (Fsp3) is 0.217. The molecule has 8 heteroatoms. The van der Waals surface area contributed by atoms with Crippen molar-refractivity contribution in [2.75, 3.05) is 0 Å². The van der Waals surface area contributed by atoms with Crippen LogP contribution in [0.2, 0.25) is 0 Å². The number of esters is 1. The maximum atomic E-state index is 12.6. The molecule has 0 unspecified atom stereocenters. The van der Waals surface area contributed by atoms with E-state index in [1.54, 1.807) is 26.0 Å². The molecule has 1 heterocycles. The molecule has 0 radical (unpaired) electrons. The summed E-state index contributed by atoms with van der Waals surface area (Å²) in [5, 5.41) is 3.71. The Labute approximate surface area is 186 Å². The number of hydrogen-bond acceptors (Lipinski definition) is 6. The van der Waals surface area contributed by atoms with E-state index in [1.807, 2.05) is 53.9 Å². The Morgan fingerprint density at radius 2 is 1.74 bits per heavy atom. The van der Waals surface area contributed by atoms with E-state index in [2.05, 4.69) is 9.71 Å². The lowest BCUT2D eigenvalue weighted by molar-refractivity contribution is -0.148. The summed E-state index contributed by atoms with van der Waals surface area (Å²) in [6.07, 6.45) is 1.48.